The fraction of sp³-hybridized carbons (Fsp3) is 0.879. The molecule has 2 unspecified atom stereocenters. The van der Waals surface area contributed by atoms with Gasteiger partial charge in [0, 0.05) is 12.8 Å². The van der Waals surface area contributed by atoms with Crippen LogP contribution in [0.25, 0.3) is 0 Å². The normalized spacial score (nSPS) is 12.8. The molecule has 0 fully saturated rings. The summed E-state index contributed by atoms with van der Waals surface area (Å²) in [6.07, 6.45) is 77.4. The molecule has 3 N–H and O–H groups in total. The second kappa shape index (κ2) is 61.6. The van der Waals surface area contributed by atoms with Gasteiger partial charge in [0.05, 0.1) is 25.4 Å². The van der Waals surface area contributed by atoms with E-state index in [-0.39, 0.29) is 18.5 Å². The van der Waals surface area contributed by atoms with E-state index in [2.05, 4.69) is 49.5 Å². The Bertz CT molecular complexity index is 1170. The highest BCUT2D eigenvalue weighted by atomic mass is 16.5. The molecule has 0 aliphatic rings. The van der Waals surface area contributed by atoms with Gasteiger partial charge < -0.3 is 20.3 Å². The Kier molecular flexibility index (Phi) is 60.0. The fourth-order valence-corrected chi connectivity index (χ4v) is 9.98. The highest BCUT2D eigenvalue weighted by Gasteiger charge is 2.20. The van der Waals surface area contributed by atoms with Crippen molar-refractivity contribution >= 4 is 11.9 Å². The van der Waals surface area contributed by atoms with E-state index in [4.69, 9.17) is 4.74 Å². The number of aliphatic hydroxyl groups is 2. The summed E-state index contributed by atoms with van der Waals surface area (Å²) < 4.78 is 5.48. The summed E-state index contributed by atoms with van der Waals surface area (Å²) in [5.74, 6) is -0.131. The molecule has 0 bridgehead atoms. The molecule has 2 atom stereocenters. The Balaban J connectivity index is 3.51. The maximum absolute atomic E-state index is 12.5. The Morgan fingerprint density at radius 2 is 0.708 bits per heavy atom. The molecule has 6 nitrogen and oxygen atoms in total. The molecular weight excluding hydrogens is 887 g/mol. The highest BCUT2D eigenvalue weighted by molar-refractivity contribution is 5.76. The van der Waals surface area contributed by atoms with E-state index in [0.717, 1.165) is 51.4 Å². The molecule has 0 aliphatic heterocycles. The van der Waals surface area contributed by atoms with Gasteiger partial charge in [0.1, 0.15) is 0 Å². The van der Waals surface area contributed by atoms with Crippen LogP contribution in [-0.2, 0) is 14.3 Å². The number of esters is 1. The van der Waals surface area contributed by atoms with Crippen molar-refractivity contribution in [3.05, 3.63) is 36.5 Å². The van der Waals surface area contributed by atoms with Gasteiger partial charge in [0.15, 0.2) is 0 Å². The van der Waals surface area contributed by atoms with Gasteiger partial charge in [-0.2, -0.15) is 0 Å². The van der Waals surface area contributed by atoms with Crippen molar-refractivity contribution in [2.45, 2.75) is 360 Å². The molecule has 0 rings (SSSR count). The molecule has 0 radical (unpaired) electrons. The van der Waals surface area contributed by atoms with Crippen molar-refractivity contribution in [2.24, 2.45) is 0 Å². The van der Waals surface area contributed by atoms with Crippen LogP contribution in [0.4, 0.5) is 0 Å². The lowest BCUT2D eigenvalue weighted by molar-refractivity contribution is -0.143. The molecule has 0 aromatic rings. The molecule has 6 heteroatoms. The Hall–Kier alpha value is -1.92. The Labute approximate surface area is 449 Å². The van der Waals surface area contributed by atoms with E-state index < -0.39 is 12.1 Å². The number of rotatable bonds is 60. The van der Waals surface area contributed by atoms with E-state index in [1.54, 1.807) is 0 Å². The van der Waals surface area contributed by atoms with Crippen LogP contribution in [0.15, 0.2) is 36.5 Å². The van der Waals surface area contributed by atoms with E-state index >= 15 is 0 Å². The third kappa shape index (κ3) is 57.4. The van der Waals surface area contributed by atoms with Gasteiger partial charge in [0.25, 0.3) is 0 Å². The standard InChI is InChI=1S/C66H125NO5/c1-3-5-7-9-11-13-15-17-19-21-23-24-25-26-27-28-29-31-34-38-42-46-50-54-58-64(69)63(62-68)67-65(70)59-55-51-47-43-39-35-33-37-41-45-49-53-57-61-72-66(71)60-56-52-48-44-40-36-32-30-22-20-18-16-14-12-10-8-6-4-2/h20,22,35,39,47,51,63-64,68-69H,3-19,21,23-34,36-38,40-46,48-50,52-62H2,1-2H3,(H,67,70)/b22-20-,39-35-,51-47-. The SMILES string of the molecule is CCCCCCCCC/C=C\CCCCCCCCCC(=O)OCCCCCCCC/C=C\C/C=C\CCC(=O)NC(CO)C(O)CCCCCCCCCCCCCCCCCCCCCCCCCC. The van der Waals surface area contributed by atoms with Crippen LogP contribution in [0, 0.1) is 0 Å². The molecule has 0 saturated carbocycles. The minimum atomic E-state index is -0.701. The first-order chi connectivity index (χ1) is 35.5. The molecule has 0 aromatic carbocycles. The first-order valence-corrected chi connectivity index (χ1v) is 32.2. The molecule has 1 amide bonds. The third-order valence-corrected chi connectivity index (χ3v) is 14.9. The summed E-state index contributed by atoms with van der Waals surface area (Å²) in [4.78, 5) is 24.6. The summed E-state index contributed by atoms with van der Waals surface area (Å²) in [7, 11) is 0. The second-order valence-corrected chi connectivity index (χ2v) is 22.1. The fourth-order valence-electron chi connectivity index (χ4n) is 9.98. The summed E-state index contributed by atoms with van der Waals surface area (Å²) in [6, 6.07) is -0.588. The van der Waals surface area contributed by atoms with Gasteiger partial charge >= 0.3 is 5.97 Å². The molecule has 424 valence electrons. The van der Waals surface area contributed by atoms with Gasteiger partial charge in [-0.15, -0.1) is 0 Å². The number of nitrogens with one attached hydrogen (secondary N) is 1. The van der Waals surface area contributed by atoms with Gasteiger partial charge in [-0.25, -0.2) is 0 Å². The number of carbonyl (C=O) groups is 2. The minimum Gasteiger partial charge on any atom is -0.466 e. The second-order valence-electron chi connectivity index (χ2n) is 22.1. The van der Waals surface area contributed by atoms with Crippen LogP contribution in [0.1, 0.15) is 348 Å². The predicted octanol–water partition coefficient (Wildman–Crippen LogP) is 20.4. The van der Waals surface area contributed by atoms with Crippen molar-refractivity contribution in [3.63, 3.8) is 0 Å². The summed E-state index contributed by atoms with van der Waals surface area (Å²) in [5.41, 5.74) is 0. The van der Waals surface area contributed by atoms with Crippen molar-refractivity contribution in [1.82, 2.24) is 5.32 Å². The quantitative estimate of drug-likeness (QED) is 0.0320. The zero-order valence-corrected chi connectivity index (χ0v) is 48.4. The molecule has 0 aliphatic carbocycles. The third-order valence-electron chi connectivity index (χ3n) is 14.9. The van der Waals surface area contributed by atoms with Crippen LogP contribution in [0.3, 0.4) is 0 Å². The summed E-state index contributed by atoms with van der Waals surface area (Å²) in [5, 5.41) is 23.3. The molecule has 0 spiro atoms. The van der Waals surface area contributed by atoms with Crippen LogP contribution >= 0.6 is 0 Å². The van der Waals surface area contributed by atoms with E-state index in [1.165, 1.54) is 257 Å². The predicted molar refractivity (Wildman–Crippen MR) is 315 cm³/mol. The maximum atomic E-state index is 12.5. The van der Waals surface area contributed by atoms with Crippen LogP contribution < -0.4 is 5.32 Å². The maximum Gasteiger partial charge on any atom is 0.305 e. The average molecular weight is 1010 g/mol. The zero-order chi connectivity index (χ0) is 52.2. The van der Waals surface area contributed by atoms with Gasteiger partial charge in [0.2, 0.25) is 5.91 Å². The van der Waals surface area contributed by atoms with E-state index in [9.17, 15) is 19.8 Å². The summed E-state index contributed by atoms with van der Waals surface area (Å²) in [6.45, 7) is 4.91. The van der Waals surface area contributed by atoms with Crippen LogP contribution in [0.2, 0.25) is 0 Å². The lowest BCUT2D eigenvalue weighted by Crippen LogP contribution is -2.45. The number of hydrogen-bond donors (Lipinski definition) is 3. The molecule has 0 saturated heterocycles. The number of unbranched alkanes of at least 4 members (excludes halogenated alkanes) is 43. The van der Waals surface area contributed by atoms with Crippen molar-refractivity contribution < 1.29 is 24.5 Å². The molecule has 72 heavy (non-hydrogen) atoms. The number of hydrogen-bond acceptors (Lipinski definition) is 5. The number of ether oxygens (including phenoxy) is 1. The average Bonchev–Trinajstić information content (AvgIpc) is 3.38. The molecule has 0 aromatic heterocycles. The molecular formula is C66H125NO5. The first-order valence-electron chi connectivity index (χ1n) is 32.2. The number of carbonyl (C=O) groups excluding carboxylic acids is 2. The molecule has 0 heterocycles. The zero-order valence-electron chi connectivity index (χ0n) is 48.4. The highest BCUT2D eigenvalue weighted by Crippen LogP contribution is 2.18. The number of aliphatic hydroxyl groups excluding tert-OH is 2. The largest absolute Gasteiger partial charge is 0.466 e. The Morgan fingerprint density at radius 3 is 1.10 bits per heavy atom. The van der Waals surface area contributed by atoms with Crippen molar-refractivity contribution in [2.75, 3.05) is 13.2 Å². The number of allylic oxidation sites excluding steroid dienone is 6. The first kappa shape index (κ1) is 70.1. The van der Waals surface area contributed by atoms with Crippen LogP contribution in [0.5, 0.6) is 0 Å². The smallest absolute Gasteiger partial charge is 0.305 e. The van der Waals surface area contributed by atoms with E-state index in [1.807, 2.05) is 6.08 Å². The van der Waals surface area contributed by atoms with Crippen LogP contribution in [-0.4, -0.2) is 47.4 Å². The van der Waals surface area contributed by atoms with Crippen molar-refractivity contribution in [1.29, 1.82) is 0 Å². The van der Waals surface area contributed by atoms with Gasteiger partial charge in [-0.1, -0.05) is 301 Å². The summed E-state index contributed by atoms with van der Waals surface area (Å²) >= 11 is 0. The number of amides is 1. The topological polar surface area (TPSA) is 95.9 Å². The van der Waals surface area contributed by atoms with E-state index in [0.29, 0.717) is 32.3 Å². The lowest BCUT2D eigenvalue weighted by Gasteiger charge is -2.22. The van der Waals surface area contributed by atoms with Gasteiger partial charge in [-0.05, 0) is 70.6 Å². The van der Waals surface area contributed by atoms with Gasteiger partial charge in [-0.3, -0.25) is 9.59 Å². The minimum absolute atomic E-state index is 0.0191. The van der Waals surface area contributed by atoms with Crippen molar-refractivity contribution in [3.8, 4) is 0 Å². The lowest BCUT2D eigenvalue weighted by atomic mass is 10.0. The monoisotopic (exact) mass is 1010 g/mol. The Morgan fingerprint density at radius 1 is 0.389 bits per heavy atom.